The second kappa shape index (κ2) is 6.78. The fraction of sp³-hybridized carbons (Fsp3) is 0.571. The zero-order chi connectivity index (χ0) is 13.7. The van der Waals surface area contributed by atoms with Gasteiger partial charge in [0.25, 0.3) is 0 Å². The Morgan fingerprint density at radius 2 is 1.78 bits per heavy atom. The third kappa shape index (κ3) is 3.25. The highest BCUT2D eigenvalue weighted by Gasteiger charge is 2.23. The summed E-state index contributed by atoms with van der Waals surface area (Å²) in [5.74, 6) is -3.46. The van der Waals surface area contributed by atoms with Gasteiger partial charge in [-0.1, -0.05) is 33.3 Å². The van der Waals surface area contributed by atoms with Gasteiger partial charge in [-0.25, -0.2) is 13.2 Å². The van der Waals surface area contributed by atoms with Crippen molar-refractivity contribution in [1.29, 1.82) is 0 Å². The highest BCUT2D eigenvalue weighted by atomic mass is 19.2. The van der Waals surface area contributed by atoms with E-state index in [-0.39, 0.29) is 17.5 Å². The number of nitrogens with one attached hydrogen (secondary N) is 1. The van der Waals surface area contributed by atoms with Crippen LogP contribution in [0, 0.1) is 23.4 Å². The van der Waals surface area contributed by atoms with E-state index in [4.69, 9.17) is 0 Å². The van der Waals surface area contributed by atoms with Crippen LogP contribution in [0.15, 0.2) is 12.1 Å². The molecule has 1 rings (SSSR count). The van der Waals surface area contributed by atoms with Crippen molar-refractivity contribution in [2.24, 2.45) is 5.92 Å². The lowest BCUT2D eigenvalue weighted by molar-refractivity contribution is 0.354. The smallest absolute Gasteiger partial charge is 0.194 e. The predicted octanol–water partition coefficient (Wildman–Crippen LogP) is 4.19. The Bertz CT molecular complexity index is 393. The third-order valence-corrected chi connectivity index (χ3v) is 3.23. The fourth-order valence-electron chi connectivity index (χ4n) is 1.93. The summed E-state index contributed by atoms with van der Waals surface area (Å²) in [5.41, 5.74) is 0.205. The first-order valence-corrected chi connectivity index (χ1v) is 6.39. The summed E-state index contributed by atoms with van der Waals surface area (Å²) in [7, 11) is 0. The Hall–Kier alpha value is -1.03. The van der Waals surface area contributed by atoms with Crippen LogP contribution in [0.25, 0.3) is 0 Å². The van der Waals surface area contributed by atoms with E-state index in [2.05, 4.69) is 5.32 Å². The summed E-state index contributed by atoms with van der Waals surface area (Å²) < 4.78 is 40.0. The van der Waals surface area contributed by atoms with Crippen LogP contribution in [-0.2, 0) is 0 Å². The maximum Gasteiger partial charge on any atom is 0.194 e. The number of rotatable bonds is 6. The summed E-state index contributed by atoms with van der Waals surface area (Å²) in [6.45, 7) is 6.67. The van der Waals surface area contributed by atoms with Crippen LogP contribution in [0.3, 0.4) is 0 Å². The molecule has 2 unspecified atom stereocenters. The van der Waals surface area contributed by atoms with Crippen LogP contribution in [0.1, 0.15) is 45.2 Å². The van der Waals surface area contributed by atoms with Crippen molar-refractivity contribution in [2.45, 2.75) is 39.7 Å². The van der Waals surface area contributed by atoms with Crippen molar-refractivity contribution < 1.29 is 13.2 Å². The van der Waals surface area contributed by atoms with E-state index in [0.717, 1.165) is 18.9 Å². The molecule has 0 heterocycles. The van der Waals surface area contributed by atoms with E-state index in [1.165, 1.54) is 6.07 Å². The zero-order valence-corrected chi connectivity index (χ0v) is 11.1. The zero-order valence-electron chi connectivity index (χ0n) is 11.1. The van der Waals surface area contributed by atoms with Crippen LogP contribution in [-0.4, -0.2) is 6.54 Å². The lowest BCUT2D eigenvalue weighted by Gasteiger charge is -2.25. The van der Waals surface area contributed by atoms with Gasteiger partial charge in [-0.05, 0) is 24.9 Å². The highest BCUT2D eigenvalue weighted by molar-refractivity contribution is 5.24. The molecular formula is C14H20F3N. The van der Waals surface area contributed by atoms with Gasteiger partial charge in [0.2, 0.25) is 0 Å². The van der Waals surface area contributed by atoms with E-state index in [1.807, 2.05) is 20.8 Å². The first kappa shape index (κ1) is 15.0. The molecule has 1 nitrogen and oxygen atoms in total. The van der Waals surface area contributed by atoms with Crippen LogP contribution < -0.4 is 5.32 Å². The van der Waals surface area contributed by atoms with Gasteiger partial charge in [-0.15, -0.1) is 0 Å². The van der Waals surface area contributed by atoms with Crippen LogP contribution in [0.4, 0.5) is 13.2 Å². The van der Waals surface area contributed by atoms with E-state index < -0.39 is 17.5 Å². The van der Waals surface area contributed by atoms with Gasteiger partial charge in [-0.2, -0.15) is 0 Å². The molecule has 0 saturated carbocycles. The molecule has 1 aromatic rings. The van der Waals surface area contributed by atoms with Gasteiger partial charge in [0.1, 0.15) is 0 Å². The van der Waals surface area contributed by atoms with Gasteiger partial charge in [-0.3, -0.25) is 0 Å². The molecule has 0 spiro atoms. The van der Waals surface area contributed by atoms with Gasteiger partial charge in [0.05, 0.1) is 0 Å². The number of halogens is 3. The van der Waals surface area contributed by atoms with Crippen molar-refractivity contribution >= 4 is 0 Å². The average molecular weight is 259 g/mol. The molecule has 0 saturated heterocycles. The summed E-state index contributed by atoms with van der Waals surface area (Å²) in [6.07, 6.45) is 1.73. The standard InChI is InChI=1S/C14H20F3N/c1-4-8-18-14(9(3)5-2)10-6-7-11(15)13(17)12(10)16/h6-7,9,14,18H,4-5,8H2,1-3H3. The van der Waals surface area contributed by atoms with Crippen molar-refractivity contribution in [2.75, 3.05) is 6.54 Å². The van der Waals surface area contributed by atoms with Crippen molar-refractivity contribution in [3.05, 3.63) is 35.1 Å². The third-order valence-electron chi connectivity index (χ3n) is 3.23. The molecule has 0 bridgehead atoms. The Morgan fingerprint density at radius 1 is 1.11 bits per heavy atom. The maximum atomic E-state index is 13.8. The normalized spacial score (nSPS) is 14.6. The minimum Gasteiger partial charge on any atom is -0.310 e. The molecule has 1 N–H and O–H groups in total. The number of benzene rings is 1. The fourth-order valence-corrected chi connectivity index (χ4v) is 1.93. The molecule has 102 valence electrons. The molecular weight excluding hydrogens is 239 g/mol. The Kier molecular flexibility index (Phi) is 5.66. The largest absolute Gasteiger partial charge is 0.310 e. The lowest BCUT2D eigenvalue weighted by atomic mass is 9.92. The molecule has 18 heavy (non-hydrogen) atoms. The van der Waals surface area contributed by atoms with Gasteiger partial charge in [0, 0.05) is 11.6 Å². The first-order valence-electron chi connectivity index (χ1n) is 6.39. The van der Waals surface area contributed by atoms with Gasteiger partial charge >= 0.3 is 0 Å². The second-order valence-corrected chi connectivity index (χ2v) is 4.58. The van der Waals surface area contributed by atoms with Crippen molar-refractivity contribution in [3.8, 4) is 0 Å². The molecule has 0 radical (unpaired) electrons. The van der Waals surface area contributed by atoms with E-state index >= 15 is 0 Å². The van der Waals surface area contributed by atoms with E-state index in [1.54, 1.807) is 0 Å². The van der Waals surface area contributed by atoms with E-state index in [9.17, 15) is 13.2 Å². The van der Waals surface area contributed by atoms with Crippen molar-refractivity contribution in [1.82, 2.24) is 5.32 Å². The van der Waals surface area contributed by atoms with Gasteiger partial charge in [0.15, 0.2) is 17.5 Å². The molecule has 0 aliphatic carbocycles. The molecule has 1 aromatic carbocycles. The van der Waals surface area contributed by atoms with Crippen LogP contribution >= 0.6 is 0 Å². The van der Waals surface area contributed by atoms with Crippen molar-refractivity contribution in [3.63, 3.8) is 0 Å². The molecule has 0 fully saturated rings. The Morgan fingerprint density at radius 3 is 2.33 bits per heavy atom. The topological polar surface area (TPSA) is 12.0 Å². The summed E-state index contributed by atoms with van der Waals surface area (Å²) >= 11 is 0. The maximum absolute atomic E-state index is 13.8. The molecule has 0 aliphatic rings. The number of hydrogen-bond donors (Lipinski definition) is 1. The second-order valence-electron chi connectivity index (χ2n) is 4.58. The summed E-state index contributed by atoms with van der Waals surface area (Å²) in [5, 5.41) is 3.19. The highest BCUT2D eigenvalue weighted by Crippen LogP contribution is 2.28. The van der Waals surface area contributed by atoms with Crippen LogP contribution in [0.5, 0.6) is 0 Å². The molecule has 0 aliphatic heterocycles. The van der Waals surface area contributed by atoms with Crippen LogP contribution in [0.2, 0.25) is 0 Å². The quantitative estimate of drug-likeness (QED) is 0.755. The monoisotopic (exact) mass is 259 g/mol. The SMILES string of the molecule is CCCNC(c1ccc(F)c(F)c1F)C(C)CC. The summed E-state index contributed by atoms with van der Waals surface area (Å²) in [4.78, 5) is 0. The Balaban J connectivity index is 3.08. The molecule has 0 aromatic heterocycles. The average Bonchev–Trinajstić information content (AvgIpc) is 2.38. The van der Waals surface area contributed by atoms with E-state index in [0.29, 0.717) is 6.54 Å². The Labute approximate surface area is 106 Å². The predicted molar refractivity (Wildman–Crippen MR) is 66.8 cm³/mol. The summed E-state index contributed by atoms with van der Waals surface area (Å²) in [6, 6.07) is 2.02. The minimum atomic E-state index is -1.39. The molecule has 2 atom stereocenters. The van der Waals surface area contributed by atoms with Gasteiger partial charge < -0.3 is 5.32 Å². The lowest BCUT2D eigenvalue weighted by Crippen LogP contribution is -2.28. The minimum absolute atomic E-state index is 0.149. The first-order chi connectivity index (χ1) is 8.52. The molecule has 4 heteroatoms. The molecule has 0 amide bonds. The number of hydrogen-bond acceptors (Lipinski definition) is 1.